The molecule has 0 aliphatic heterocycles. The highest BCUT2D eigenvalue weighted by Crippen LogP contribution is 2.27. The second-order valence-electron chi connectivity index (χ2n) is 4.74. The van der Waals surface area contributed by atoms with Gasteiger partial charge in [-0.1, -0.05) is 6.92 Å². The van der Waals surface area contributed by atoms with Gasteiger partial charge in [0, 0.05) is 17.3 Å². The fourth-order valence-corrected chi connectivity index (χ4v) is 2.53. The Bertz CT molecular complexity index is 767. The molecule has 20 heavy (non-hydrogen) atoms. The number of aryl methyl sites for hydroxylation is 1. The minimum Gasteiger partial charge on any atom is -0.300 e. The van der Waals surface area contributed by atoms with E-state index in [2.05, 4.69) is 9.97 Å². The number of rotatable bonds is 3. The van der Waals surface area contributed by atoms with E-state index in [0.717, 1.165) is 6.42 Å². The molecule has 0 unspecified atom stereocenters. The highest BCUT2D eigenvalue weighted by molar-refractivity contribution is 7.71. The van der Waals surface area contributed by atoms with Gasteiger partial charge in [0.05, 0.1) is 5.39 Å². The Hall–Kier alpha value is -1.63. The van der Waals surface area contributed by atoms with E-state index in [0.29, 0.717) is 5.69 Å². The fraction of sp³-hybridized carbons (Fsp3) is 0.462. The number of aromatic amines is 1. The van der Waals surface area contributed by atoms with Gasteiger partial charge in [0.2, 0.25) is 0 Å². The summed E-state index contributed by atoms with van der Waals surface area (Å²) in [7, 11) is 0. The van der Waals surface area contributed by atoms with Crippen LogP contribution in [0.5, 0.6) is 0 Å². The molecule has 0 spiro atoms. The van der Waals surface area contributed by atoms with Crippen LogP contribution in [0.15, 0.2) is 10.9 Å². The van der Waals surface area contributed by atoms with E-state index >= 15 is 0 Å². The van der Waals surface area contributed by atoms with Gasteiger partial charge in [-0.25, -0.2) is 13.8 Å². The number of alkyl halides is 2. The maximum atomic E-state index is 13.2. The average molecular weight is 299 g/mol. The molecule has 0 aliphatic carbocycles. The quantitative estimate of drug-likeness (QED) is 0.880. The molecule has 108 valence electrons. The topological polar surface area (TPSA) is 50.7 Å². The van der Waals surface area contributed by atoms with Gasteiger partial charge in [-0.15, -0.1) is 0 Å². The Balaban J connectivity index is 3.03. The van der Waals surface area contributed by atoms with Crippen LogP contribution in [0.25, 0.3) is 11.0 Å². The number of halogens is 2. The van der Waals surface area contributed by atoms with Gasteiger partial charge < -0.3 is 0 Å². The molecule has 4 nitrogen and oxygen atoms in total. The SMILES string of the molecule is CC[C@@H](C)n1c(=S)[nH]c(=O)c2c(C(F)F)cc(C)nc21. The number of H-pyrrole nitrogens is 1. The van der Waals surface area contributed by atoms with Crippen LogP contribution in [0.3, 0.4) is 0 Å². The van der Waals surface area contributed by atoms with Gasteiger partial charge in [0.15, 0.2) is 4.77 Å². The number of fused-ring (bicyclic) bond motifs is 1. The molecule has 0 aromatic carbocycles. The van der Waals surface area contributed by atoms with Crippen LogP contribution in [0.4, 0.5) is 8.78 Å². The zero-order chi connectivity index (χ0) is 15.0. The third kappa shape index (κ3) is 2.37. The van der Waals surface area contributed by atoms with Gasteiger partial charge in [-0.05, 0) is 38.6 Å². The largest absolute Gasteiger partial charge is 0.300 e. The van der Waals surface area contributed by atoms with E-state index in [1.165, 1.54) is 6.07 Å². The first-order chi connectivity index (χ1) is 9.36. The second kappa shape index (κ2) is 5.40. The smallest absolute Gasteiger partial charge is 0.264 e. The zero-order valence-electron chi connectivity index (χ0n) is 11.4. The third-order valence-electron chi connectivity index (χ3n) is 3.32. The Morgan fingerprint density at radius 1 is 1.50 bits per heavy atom. The molecule has 0 amide bonds. The predicted molar refractivity (Wildman–Crippen MR) is 75.9 cm³/mol. The Morgan fingerprint density at radius 2 is 2.15 bits per heavy atom. The average Bonchev–Trinajstić information content (AvgIpc) is 2.36. The van der Waals surface area contributed by atoms with Crippen molar-refractivity contribution in [2.75, 3.05) is 0 Å². The van der Waals surface area contributed by atoms with Crippen molar-refractivity contribution in [3.63, 3.8) is 0 Å². The summed E-state index contributed by atoms with van der Waals surface area (Å²) >= 11 is 5.14. The van der Waals surface area contributed by atoms with Crippen molar-refractivity contribution in [3.8, 4) is 0 Å². The Labute approximate surface area is 119 Å². The van der Waals surface area contributed by atoms with Gasteiger partial charge in [0.25, 0.3) is 12.0 Å². The summed E-state index contributed by atoms with van der Waals surface area (Å²) in [5.74, 6) is 0. The summed E-state index contributed by atoms with van der Waals surface area (Å²) in [5.41, 5.74) is -0.263. The molecular weight excluding hydrogens is 284 g/mol. The molecule has 0 saturated carbocycles. The lowest BCUT2D eigenvalue weighted by molar-refractivity contribution is 0.153. The number of pyridine rings is 1. The molecule has 2 heterocycles. The maximum Gasteiger partial charge on any atom is 0.264 e. The first kappa shape index (κ1) is 14.8. The van der Waals surface area contributed by atoms with Crippen LogP contribution in [-0.2, 0) is 0 Å². The summed E-state index contributed by atoms with van der Waals surface area (Å²) in [6, 6.07) is 1.20. The number of nitrogens with zero attached hydrogens (tertiary/aromatic N) is 2. The number of hydrogen-bond donors (Lipinski definition) is 1. The summed E-state index contributed by atoms with van der Waals surface area (Å²) in [6.45, 7) is 5.48. The van der Waals surface area contributed by atoms with Gasteiger partial charge in [-0.2, -0.15) is 0 Å². The Morgan fingerprint density at radius 3 is 2.70 bits per heavy atom. The van der Waals surface area contributed by atoms with Crippen molar-refractivity contribution >= 4 is 23.3 Å². The number of nitrogens with one attached hydrogen (secondary N) is 1. The van der Waals surface area contributed by atoms with E-state index in [4.69, 9.17) is 12.2 Å². The monoisotopic (exact) mass is 299 g/mol. The van der Waals surface area contributed by atoms with Crippen molar-refractivity contribution in [2.45, 2.75) is 39.7 Å². The molecule has 1 atom stereocenters. The standard InChI is InChI=1S/C13H15F2N3OS/c1-4-7(3)18-11-9(12(19)17-13(18)20)8(10(14)15)5-6(2)16-11/h5,7,10H,4H2,1-3H3,(H,17,19,20)/t7-/m1/s1. The Kier molecular flexibility index (Phi) is 3.99. The van der Waals surface area contributed by atoms with Crippen molar-refractivity contribution < 1.29 is 8.78 Å². The summed E-state index contributed by atoms with van der Waals surface area (Å²) in [5, 5.41) is -0.0838. The summed E-state index contributed by atoms with van der Waals surface area (Å²) < 4.78 is 28.1. The maximum absolute atomic E-state index is 13.2. The number of hydrogen-bond acceptors (Lipinski definition) is 3. The normalized spacial score (nSPS) is 13.1. The predicted octanol–water partition coefficient (Wildman–Crippen LogP) is 3.67. The van der Waals surface area contributed by atoms with Gasteiger partial charge >= 0.3 is 0 Å². The van der Waals surface area contributed by atoms with Crippen LogP contribution in [0.2, 0.25) is 0 Å². The van der Waals surface area contributed by atoms with Crippen LogP contribution < -0.4 is 5.56 Å². The minimum atomic E-state index is -2.73. The van der Waals surface area contributed by atoms with Crippen LogP contribution in [-0.4, -0.2) is 14.5 Å². The molecule has 0 radical (unpaired) electrons. The zero-order valence-corrected chi connectivity index (χ0v) is 12.2. The molecule has 7 heteroatoms. The molecule has 0 aliphatic rings. The minimum absolute atomic E-state index is 0.0401. The lowest BCUT2D eigenvalue weighted by atomic mass is 10.1. The van der Waals surface area contributed by atoms with Crippen molar-refractivity contribution in [2.24, 2.45) is 0 Å². The first-order valence-electron chi connectivity index (χ1n) is 6.31. The highest BCUT2D eigenvalue weighted by atomic mass is 32.1. The van der Waals surface area contributed by atoms with Crippen LogP contribution >= 0.6 is 12.2 Å². The highest BCUT2D eigenvalue weighted by Gasteiger charge is 2.20. The van der Waals surface area contributed by atoms with E-state index in [1.54, 1.807) is 11.5 Å². The fourth-order valence-electron chi connectivity index (χ4n) is 2.17. The molecule has 2 aromatic heterocycles. The van der Waals surface area contributed by atoms with Crippen molar-refractivity contribution in [1.82, 2.24) is 14.5 Å². The van der Waals surface area contributed by atoms with E-state index in [-0.39, 0.29) is 27.4 Å². The molecule has 0 fully saturated rings. The van der Waals surface area contributed by atoms with Crippen LogP contribution in [0.1, 0.15) is 44.0 Å². The van der Waals surface area contributed by atoms with Crippen molar-refractivity contribution in [3.05, 3.63) is 32.4 Å². The molecule has 2 aromatic rings. The van der Waals surface area contributed by atoms with E-state index in [9.17, 15) is 13.6 Å². The molecular formula is C13H15F2N3OS. The van der Waals surface area contributed by atoms with Gasteiger partial charge in [0.1, 0.15) is 5.65 Å². The van der Waals surface area contributed by atoms with Crippen molar-refractivity contribution in [1.29, 1.82) is 0 Å². The summed E-state index contributed by atoms with van der Waals surface area (Å²) in [4.78, 5) is 18.7. The second-order valence-corrected chi connectivity index (χ2v) is 5.13. The molecule has 0 saturated heterocycles. The third-order valence-corrected chi connectivity index (χ3v) is 3.62. The molecule has 1 N–H and O–H groups in total. The van der Waals surface area contributed by atoms with E-state index < -0.39 is 12.0 Å². The lowest BCUT2D eigenvalue weighted by Gasteiger charge is -2.17. The number of aromatic nitrogens is 3. The lowest BCUT2D eigenvalue weighted by Crippen LogP contribution is -2.19. The first-order valence-corrected chi connectivity index (χ1v) is 6.71. The van der Waals surface area contributed by atoms with E-state index in [1.807, 2.05) is 13.8 Å². The molecule has 0 bridgehead atoms. The van der Waals surface area contributed by atoms with Gasteiger partial charge in [-0.3, -0.25) is 14.3 Å². The summed E-state index contributed by atoms with van der Waals surface area (Å²) in [6.07, 6.45) is -1.99. The molecule has 2 rings (SSSR count). The van der Waals surface area contributed by atoms with Crippen LogP contribution in [0, 0.1) is 11.7 Å².